The summed E-state index contributed by atoms with van der Waals surface area (Å²) in [4.78, 5) is 22.4. The Kier molecular flexibility index (Phi) is 2.04. The molecule has 0 saturated carbocycles. The minimum atomic E-state index is -1.03. The minimum Gasteiger partial charge on any atom is -0.478 e. The summed E-state index contributed by atoms with van der Waals surface area (Å²) >= 11 is 0. The zero-order chi connectivity index (χ0) is 11.0. The van der Waals surface area contributed by atoms with Crippen LogP contribution in [0, 0.1) is 0 Å². The van der Waals surface area contributed by atoms with Crippen LogP contribution in [-0.4, -0.2) is 15.6 Å². The van der Waals surface area contributed by atoms with Gasteiger partial charge in [-0.3, -0.25) is 4.79 Å². The number of aryl methyl sites for hydroxylation is 1. The van der Waals surface area contributed by atoms with Gasteiger partial charge in [0.25, 0.3) is 5.56 Å². The molecular formula is C11H9NO3. The van der Waals surface area contributed by atoms with Crippen LogP contribution in [0.3, 0.4) is 0 Å². The van der Waals surface area contributed by atoms with E-state index in [1.54, 1.807) is 25.4 Å². The molecule has 2 aromatic rings. The highest BCUT2D eigenvalue weighted by Gasteiger charge is 2.06. The van der Waals surface area contributed by atoms with E-state index in [4.69, 9.17) is 5.11 Å². The summed E-state index contributed by atoms with van der Waals surface area (Å²) in [6, 6.07) is 6.31. The minimum absolute atomic E-state index is 0.130. The highest BCUT2D eigenvalue weighted by molar-refractivity contribution is 5.93. The lowest BCUT2D eigenvalue weighted by Crippen LogP contribution is -2.15. The molecule has 0 aliphatic rings. The third kappa shape index (κ3) is 1.50. The first kappa shape index (κ1) is 9.45. The molecule has 0 aliphatic heterocycles. The van der Waals surface area contributed by atoms with Gasteiger partial charge in [-0.15, -0.1) is 0 Å². The topological polar surface area (TPSA) is 59.3 Å². The van der Waals surface area contributed by atoms with Gasteiger partial charge in [-0.1, -0.05) is 6.07 Å². The zero-order valence-electron chi connectivity index (χ0n) is 8.10. The number of nitrogens with zero attached hydrogens (tertiary/aromatic N) is 1. The lowest BCUT2D eigenvalue weighted by atomic mass is 10.1. The van der Waals surface area contributed by atoms with Crippen LogP contribution < -0.4 is 5.56 Å². The highest BCUT2D eigenvalue weighted by Crippen LogP contribution is 2.11. The van der Waals surface area contributed by atoms with E-state index in [-0.39, 0.29) is 11.1 Å². The molecule has 1 aromatic heterocycles. The van der Waals surface area contributed by atoms with Gasteiger partial charge in [-0.05, 0) is 23.6 Å². The van der Waals surface area contributed by atoms with Crippen LogP contribution in [0.15, 0.2) is 35.3 Å². The summed E-state index contributed by atoms with van der Waals surface area (Å²) in [5.41, 5.74) is -0.0543. The van der Waals surface area contributed by atoms with Gasteiger partial charge in [-0.2, -0.15) is 0 Å². The molecule has 1 aromatic carbocycles. The molecule has 0 amide bonds. The van der Waals surface area contributed by atoms with E-state index in [0.717, 1.165) is 5.39 Å². The molecular weight excluding hydrogens is 194 g/mol. The van der Waals surface area contributed by atoms with Gasteiger partial charge >= 0.3 is 5.97 Å². The van der Waals surface area contributed by atoms with Crippen molar-refractivity contribution in [2.45, 2.75) is 0 Å². The first-order chi connectivity index (χ1) is 7.09. The number of pyridine rings is 1. The number of aromatic nitrogens is 1. The van der Waals surface area contributed by atoms with Crippen molar-refractivity contribution < 1.29 is 9.90 Å². The second-order valence-corrected chi connectivity index (χ2v) is 3.34. The third-order valence-electron chi connectivity index (χ3n) is 2.33. The quantitative estimate of drug-likeness (QED) is 0.758. The van der Waals surface area contributed by atoms with Crippen LogP contribution >= 0.6 is 0 Å². The van der Waals surface area contributed by atoms with E-state index in [9.17, 15) is 9.59 Å². The first-order valence-corrected chi connectivity index (χ1v) is 4.42. The summed E-state index contributed by atoms with van der Waals surface area (Å²) in [6.07, 6.45) is 1.66. The Balaban J connectivity index is 2.85. The van der Waals surface area contributed by atoms with E-state index in [2.05, 4.69) is 0 Å². The number of benzene rings is 1. The fraction of sp³-hybridized carbons (Fsp3) is 0.0909. The second-order valence-electron chi connectivity index (χ2n) is 3.34. The molecule has 1 N–H and O–H groups in total. The highest BCUT2D eigenvalue weighted by atomic mass is 16.4. The van der Waals surface area contributed by atoms with Gasteiger partial charge in [0.2, 0.25) is 0 Å². The van der Waals surface area contributed by atoms with E-state index in [0.29, 0.717) is 5.39 Å². The predicted molar refractivity (Wildman–Crippen MR) is 56.1 cm³/mol. The monoisotopic (exact) mass is 203 g/mol. The standard InChI is InChI=1S/C11H9NO3/c1-12-5-4-7-2-3-8(11(14)15)6-9(7)10(12)13/h2-6H,1H3,(H,14,15). The van der Waals surface area contributed by atoms with Crippen molar-refractivity contribution >= 4 is 16.7 Å². The number of carbonyl (C=O) groups is 1. The number of fused-ring (bicyclic) bond motifs is 1. The molecule has 0 aliphatic carbocycles. The zero-order valence-corrected chi connectivity index (χ0v) is 8.10. The molecule has 0 bridgehead atoms. The van der Waals surface area contributed by atoms with Crippen molar-refractivity contribution in [3.05, 3.63) is 46.4 Å². The molecule has 0 atom stereocenters. The second kappa shape index (κ2) is 3.24. The Morgan fingerprint density at radius 3 is 2.73 bits per heavy atom. The van der Waals surface area contributed by atoms with E-state index in [1.165, 1.54) is 16.7 Å². The van der Waals surface area contributed by atoms with Crippen molar-refractivity contribution in [2.24, 2.45) is 7.05 Å². The Hall–Kier alpha value is -2.10. The normalized spacial score (nSPS) is 10.5. The lowest BCUT2D eigenvalue weighted by molar-refractivity contribution is 0.0697. The maximum atomic E-state index is 11.7. The molecule has 15 heavy (non-hydrogen) atoms. The average Bonchev–Trinajstić information content (AvgIpc) is 2.23. The fourth-order valence-electron chi connectivity index (χ4n) is 1.47. The van der Waals surface area contributed by atoms with Crippen LogP contribution in [0.25, 0.3) is 10.8 Å². The molecule has 0 radical (unpaired) electrons. The summed E-state index contributed by atoms with van der Waals surface area (Å²) in [6.45, 7) is 0. The van der Waals surface area contributed by atoms with Crippen molar-refractivity contribution in [3.8, 4) is 0 Å². The van der Waals surface area contributed by atoms with Crippen LogP contribution in [0.4, 0.5) is 0 Å². The summed E-state index contributed by atoms with van der Waals surface area (Å²) in [5.74, 6) is -1.03. The number of aromatic carboxylic acids is 1. The number of carboxylic acids is 1. The predicted octanol–water partition coefficient (Wildman–Crippen LogP) is 1.24. The van der Waals surface area contributed by atoms with E-state index >= 15 is 0 Å². The van der Waals surface area contributed by atoms with Gasteiger partial charge in [0.1, 0.15) is 0 Å². The van der Waals surface area contributed by atoms with Crippen molar-refractivity contribution in [1.82, 2.24) is 4.57 Å². The Morgan fingerprint density at radius 1 is 1.33 bits per heavy atom. The van der Waals surface area contributed by atoms with Crippen LogP contribution in [-0.2, 0) is 7.05 Å². The smallest absolute Gasteiger partial charge is 0.335 e. The van der Waals surface area contributed by atoms with Gasteiger partial charge in [0.15, 0.2) is 0 Å². The van der Waals surface area contributed by atoms with Crippen LogP contribution in [0.2, 0.25) is 0 Å². The van der Waals surface area contributed by atoms with Crippen molar-refractivity contribution in [2.75, 3.05) is 0 Å². The molecule has 0 unspecified atom stereocenters. The largest absolute Gasteiger partial charge is 0.478 e. The maximum absolute atomic E-state index is 11.7. The summed E-state index contributed by atoms with van der Waals surface area (Å²) in [7, 11) is 1.63. The van der Waals surface area contributed by atoms with Gasteiger partial charge in [-0.25, -0.2) is 4.79 Å². The molecule has 76 valence electrons. The number of rotatable bonds is 1. The molecule has 4 heteroatoms. The van der Waals surface area contributed by atoms with Crippen molar-refractivity contribution in [3.63, 3.8) is 0 Å². The van der Waals surface area contributed by atoms with E-state index < -0.39 is 5.97 Å². The Morgan fingerprint density at radius 2 is 2.07 bits per heavy atom. The molecule has 0 saturated heterocycles. The number of hydrogen-bond donors (Lipinski definition) is 1. The van der Waals surface area contributed by atoms with Gasteiger partial charge < -0.3 is 9.67 Å². The molecule has 0 spiro atoms. The lowest BCUT2D eigenvalue weighted by Gasteiger charge is -2.01. The van der Waals surface area contributed by atoms with Crippen LogP contribution in [0.5, 0.6) is 0 Å². The van der Waals surface area contributed by atoms with Crippen LogP contribution in [0.1, 0.15) is 10.4 Å². The number of carboxylic acid groups (broad SMARTS) is 1. The summed E-state index contributed by atoms with van der Waals surface area (Å²) < 4.78 is 1.42. The molecule has 4 nitrogen and oxygen atoms in total. The first-order valence-electron chi connectivity index (χ1n) is 4.42. The molecule has 2 rings (SSSR count). The van der Waals surface area contributed by atoms with E-state index in [1.807, 2.05) is 0 Å². The molecule has 0 fully saturated rings. The Bertz CT molecular complexity index is 598. The van der Waals surface area contributed by atoms with Crippen molar-refractivity contribution in [1.29, 1.82) is 0 Å². The average molecular weight is 203 g/mol. The third-order valence-corrected chi connectivity index (χ3v) is 2.33. The SMILES string of the molecule is Cn1ccc2ccc(C(=O)O)cc2c1=O. The fourth-order valence-corrected chi connectivity index (χ4v) is 1.47. The Labute approximate surface area is 85.4 Å². The maximum Gasteiger partial charge on any atom is 0.335 e. The molecule has 1 heterocycles. The van der Waals surface area contributed by atoms with Gasteiger partial charge in [0, 0.05) is 18.6 Å². The van der Waals surface area contributed by atoms with Gasteiger partial charge in [0.05, 0.1) is 5.56 Å². The number of hydrogen-bond acceptors (Lipinski definition) is 2. The summed E-state index contributed by atoms with van der Waals surface area (Å²) in [5, 5.41) is 9.98.